The van der Waals surface area contributed by atoms with E-state index in [1.165, 1.54) is 11.8 Å². The van der Waals surface area contributed by atoms with Crippen molar-refractivity contribution in [1.29, 1.82) is 0 Å². The highest BCUT2D eigenvalue weighted by atomic mass is 79.9. The Bertz CT molecular complexity index is 891. The first-order valence-corrected chi connectivity index (χ1v) is 9.50. The minimum absolute atomic E-state index is 0.0316. The van der Waals surface area contributed by atoms with Gasteiger partial charge < -0.3 is 9.88 Å². The van der Waals surface area contributed by atoms with Gasteiger partial charge in [0.15, 0.2) is 5.16 Å². The van der Waals surface area contributed by atoms with Gasteiger partial charge in [-0.15, -0.1) is 0 Å². The van der Waals surface area contributed by atoms with Crippen molar-refractivity contribution in [1.82, 2.24) is 9.55 Å². The Morgan fingerprint density at radius 1 is 1.29 bits per heavy atom. The number of aromatic nitrogens is 2. The number of halogens is 1. The van der Waals surface area contributed by atoms with Gasteiger partial charge in [0.2, 0.25) is 5.91 Å². The molecule has 0 bridgehead atoms. The van der Waals surface area contributed by atoms with Crippen LogP contribution in [-0.2, 0) is 11.3 Å². The zero-order valence-corrected chi connectivity index (χ0v) is 15.9. The van der Waals surface area contributed by atoms with Crippen molar-refractivity contribution in [3.8, 4) is 0 Å². The molecule has 1 heterocycles. The molecular weight excluding hydrogens is 386 g/mol. The summed E-state index contributed by atoms with van der Waals surface area (Å²) in [7, 11) is 0. The van der Waals surface area contributed by atoms with E-state index in [2.05, 4.69) is 43.8 Å². The summed E-state index contributed by atoms with van der Waals surface area (Å²) in [6, 6.07) is 13.9. The van der Waals surface area contributed by atoms with Gasteiger partial charge in [0.05, 0.1) is 16.8 Å². The number of benzene rings is 2. The molecule has 1 aromatic heterocycles. The number of nitrogens with one attached hydrogen (secondary N) is 1. The lowest BCUT2D eigenvalue weighted by Crippen LogP contribution is -2.15. The molecule has 0 aliphatic heterocycles. The standard InChI is InChI=1S/C18H18BrN3OS/c1-3-22-16-7-5-4-6-14(16)21-18(22)24-11-17(23)20-15-10-13(19)9-8-12(15)2/h4-10H,3,11H2,1-2H3,(H,20,23). The molecule has 0 unspecified atom stereocenters. The number of hydrogen-bond acceptors (Lipinski definition) is 3. The van der Waals surface area contributed by atoms with Crippen LogP contribution in [0.3, 0.4) is 0 Å². The van der Waals surface area contributed by atoms with Crippen LogP contribution in [0.2, 0.25) is 0 Å². The van der Waals surface area contributed by atoms with Gasteiger partial charge >= 0.3 is 0 Å². The molecule has 0 aliphatic rings. The molecule has 0 spiro atoms. The van der Waals surface area contributed by atoms with Gasteiger partial charge in [0.1, 0.15) is 0 Å². The van der Waals surface area contributed by atoms with E-state index in [0.717, 1.165) is 38.5 Å². The molecule has 0 atom stereocenters. The molecule has 3 rings (SSSR count). The lowest BCUT2D eigenvalue weighted by molar-refractivity contribution is -0.113. The Labute approximate surface area is 153 Å². The summed E-state index contributed by atoms with van der Waals surface area (Å²) in [5.41, 5.74) is 3.94. The first kappa shape index (κ1) is 17.0. The molecule has 2 aromatic carbocycles. The Morgan fingerprint density at radius 3 is 2.88 bits per heavy atom. The SMILES string of the molecule is CCn1c(SCC(=O)Nc2cc(Br)ccc2C)nc2ccccc21. The Hall–Kier alpha value is -1.79. The van der Waals surface area contributed by atoms with Crippen molar-refractivity contribution < 1.29 is 4.79 Å². The predicted octanol–water partition coefficient (Wildman–Crippen LogP) is 4.86. The first-order valence-electron chi connectivity index (χ1n) is 7.72. The quantitative estimate of drug-likeness (QED) is 0.618. The van der Waals surface area contributed by atoms with Gasteiger partial charge in [0.25, 0.3) is 0 Å². The van der Waals surface area contributed by atoms with E-state index in [1.54, 1.807) is 0 Å². The van der Waals surface area contributed by atoms with Crippen LogP contribution in [0.25, 0.3) is 11.0 Å². The van der Waals surface area contributed by atoms with E-state index >= 15 is 0 Å². The van der Waals surface area contributed by atoms with Crippen molar-refractivity contribution >= 4 is 50.3 Å². The number of para-hydroxylation sites is 2. The number of amides is 1. The normalized spacial score (nSPS) is 11.0. The van der Waals surface area contributed by atoms with Gasteiger partial charge in [-0.1, -0.05) is 45.9 Å². The summed E-state index contributed by atoms with van der Waals surface area (Å²) in [5, 5.41) is 3.84. The van der Waals surface area contributed by atoms with Crippen LogP contribution < -0.4 is 5.32 Å². The summed E-state index contributed by atoms with van der Waals surface area (Å²) < 4.78 is 3.08. The highest BCUT2D eigenvalue weighted by Gasteiger charge is 2.12. The van der Waals surface area contributed by atoms with E-state index in [-0.39, 0.29) is 5.91 Å². The molecule has 24 heavy (non-hydrogen) atoms. The summed E-state index contributed by atoms with van der Waals surface area (Å²) in [5.74, 6) is 0.297. The fourth-order valence-corrected chi connectivity index (χ4v) is 3.75. The number of imidazole rings is 1. The molecule has 3 aromatic rings. The van der Waals surface area contributed by atoms with Gasteiger partial charge in [0, 0.05) is 16.7 Å². The minimum Gasteiger partial charge on any atom is -0.325 e. The van der Waals surface area contributed by atoms with Gasteiger partial charge in [-0.2, -0.15) is 0 Å². The molecule has 0 aliphatic carbocycles. The summed E-state index contributed by atoms with van der Waals surface area (Å²) in [6.45, 7) is 4.89. The average Bonchev–Trinajstić information content (AvgIpc) is 2.94. The van der Waals surface area contributed by atoms with Crippen LogP contribution in [0.1, 0.15) is 12.5 Å². The van der Waals surface area contributed by atoms with E-state index in [0.29, 0.717) is 5.75 Å². The Kier molecular flexibility index (Phi) is 5.26. The molecular formula is C18H18BrN3OS. The zero-order valence-electron chi connectivity index (χ0n) is 13.5. The number of fused-ring (bicyclic) bond motifs is 1. The second-order valence-corrected chi connectivity index (χ2v) is 7.28. The fraction of sp³-hybridized carbons (Fsp3) is 0.222. The lowest BCUT2D eigenvalue weighted by Gasteiger charge is -2.09. The van der Waals surface area contributed by atoms with Crippen LogP contribution in [0, 0.1) is 6.92 Å². The van der Waals surface area contributed by atoms with Crippen molar-refractivity contribution in [3.05, 3.63) is 52.5 Å². The Morgan fingerprint density at radius 2 is 2.08 bits per heavy atom. The predicted molar refractivity (Wildman–Crippen MR) is 104 cm³/mol. The molecule has 0 fully saturated rings. The van der Waals surface area contributed by atoms with Crippen LogP contribution in [0.4, 0.5) is 5.69 Å². The van der Waals surface area contributed by atoms with Gasteiger partial charge in [-0.3, -0.25) is 4.79 Å². The van der Waals surface area contributed by atoms with E-state index in [1.807, 2.05) is 43.3 Å². The lowest BCUT2D eigenvalue weighted by atomic mass is 10.2. The third-order valence-electron chi connectivity index (χ3n) is 3.74. The minimum atomic E-state index is -0.0316. The zero-order chi connectivity index (χ0) is 17.1. The van der Waals surface area contributed by atoms with E-state index in [9.17, 15) is 4.79 Å². The highest BCUT2D eigenvalue weighted by Crippen LogP contribution is 2.25. The molecule has 1 amide bonds. The summed E-state index contributed by atoms with van der Waals surface area (Å²) in [6.07, 6.45) is 0. The Balaban J connectivity index is 1.71. The molecule has 0 saturated heterocycles. The fourth-order valence-electron chi connectivity index (χ4n) is 2.51. The van der Waals surface area contributed by atoms with Crippen LogP contribution >= 0.6 is 27.7 Å². The highest BCUT2D eigenvalue weighted by molar-refractivity contribution is 9.10. The molecule has 124 valence electrons. The largest absolute Gasteiger partial charge is 0.325 e. The number of carbonyl (C=O) groups is 1. The number of hydrogen-bond donors (Lipinski definition) is 1. The molecule has 0 radical (unpaired) electrons. The molecule has 6 heteroatoms. The number of nitrogens with zero attached hydrogens (tertiary/aromatic N) is 2. The second-order valence-electron chi connectivity index (χ2n) is 5.42. The molecule has 0 saturated carbocycles. The van der Waals surface area contributed by atoms with Crippen molar-refractivity contribution in [2.75, 3.05) is 11.1 Å². The molecule has 1 N–H and O–H groups in total. The third kappa shape index (κ3) is 3.65. The first-order chi connectivity index (χ1) is 11.6. The summed E-state index contributed by atoms with van der Waals surface area (Å²) in [4.78, 5) is 16.9. The van der Waals surface area contributed by atoms with Crippen molar-refractivity contribution in [3.63, 3.8) is 0 Å². The maximum absolute atomic E-state index is 12.3. The molecule has 4 nitrogen and oxygen atoms in total. The number of rotatable bonds is 5. The number of carbonyl (C=O) groups excluding carboxylic acids is 1. The van der Waals surface area contributed by atoms with Gasteiger partial charge in [-0.25, -0.2) is 4.98 Å². The number of aryl methyl sites for hydroxylation is 2. The van der Waals surface area contributed by atoms with Crippen molar-refractivity contribution in [2.45, 2.75) is 25.5 Å². The maximum atomic E-state index is 12.3. The van der Waals surface area contributed by atoms with Crippen LogP contribution in [0.5, 0.6) is 0 Å². The summed E-state index contributed by atoms with van der Waals surface area (Å²) >= 11 is 4.89. The maximum Gasteiger partial charge on any atom is 0.234 e. The second kappa shape index (κ2) is 7.40. The monoisotopic (exact) mass is 403 g/mol. The number of thioether (sulfide) groups is 1. The van der Waals surface area contributed by atoms with Crippen LogP contribution in [0.15, 0.2) is 52.1 Å². The third-order valence-corrected chi connectivity index (χ3v) is 5.21. The number of anilines is 1. The smallest absolute Gasteiger partial charge is 0.234 e. The van der Waals surface area contributed by atoms with E-state index < -0.39 is 0 Å². The topological polar surface area (TPSA) is 46.9 Å². The van der Waals surface area contributed by atoms with E-state index in [4.69, 9.17) is 0 Å². The van der Waals surface area contributed by atoms with Crippen LogP contribution in [-0.4, -0.2) is 21.2 Å². The van der Waals surface area contributed by atoms with Crippen molar-refractivity contribution in [2.24, 2.45) is 0 Å². The average molecular weight is 404 g/mol. The van der Waals surface area contributed by atoms with Gasteiger partial charge in [-0.05, 0) is 43.7 Å².